The molecule has 1 aromatic heterocycles. The normalized spacial score (nSPS) is 11.4. The molecule has 0 atom stereocenters. The van der Waals surface area contributed by atoms with Gasteiger partial charge in [-0.25, -0.2) is 10.4 Å². The molecule has 0 aliphatic heterocycles. The molecule has 126 valence electrons. The molecule has 5 heteroatoms. The van der Waals surface area contributed by atoms with Gasteiger partial charge in [-0.1, -0.05) is 61.5 Å². The molecule has 0 aliphatic carbocycles. The summed E-state index contributed by atoms with van der Waals surface area (Å²) in [6, 6.07) is 19.3. The Labute approximate surface area is 146 Å². The molecule has 3 rings (SSSR count). The maximum absolute atomic E-state index is 11.9. The highest BCUT2D eigenvalue weighted by molar-refractivity contribution is 5.99. The number of H-pyrrole nitrogens is 1. The SMILES string of the molecule is CCc1ccc(C(C)=NNc2nc(-c3ccccc3)cc(=O)[nH]2)cc1. The third kappa shape index (κ3) is 4.20. The Hall–Kier alpha value is -3.21. The minimum Gasteiger partial charge on any atom is -0.291 e. The zero-order valence-electron chi connectivity index (χ0n) is 14.3. The van der Waals surface area contributed by atoms with E-state index in [-0.39, 0.29) is 5.56 Å². The van der Waals surface area contributed by atoms with Crippen LogP contribution < -0.4 is 11.0 Å². The second kappa shape index (κ2) is 7.57. The van der Waals surface area contributed by atoms with Crippen molar-refractivity contribution in [1.82, 2.24) is 9.97 Å². The van der Waals surface area contributed by atoms with Crippen molar-refractivity contribution in [2.45, 2.75) is 20.3 Å². The summed E-state index contributed by atoms with van der Waals surface area (Å²) in [6.07, 6.45) is 1.01. The van der Waals surface area contributed by atoms with E-state index in [4.69, 9.17) is 0 Å². The van der Waals surface area contributed by atoms with E-state index in [0.717, 1.165) is 23.3 Å². The monoisotopic (exact) mass is 332 g/mol. The first-order valence-electron chi connectivity index (χ1n) is 8.22. The number of aromatic nitrogens is 2. The molecule has 0 saturated heterocycles. The number of nitrogens with one attached hydrogen (secondary N) is 2. The number of nitrogens with zero attached hydrogens (tertiary/aromatic N) is 2. The highest BCUT2D eigenvalue weighted by Gasteiger charge is 2.04. The first-order valence-corrected chi connectivity index (χ1v) is 8.22. The van der Waals surface area contributed by atoms with Crippen LogP contribution in [0.25, 0.3) is 11.3 Å². The van der Waals surface area contributed by atoms with Crippen LogP contribution in [-0.2, 0) is 6.42 Å². The summed E-state index contributed by atoms with van der Waals surface area (Å²) >= 11 is 0. The molecule has 0 spiro atoms. The number of hydrogen-bond acceptors (Lipinski definition) is 4. The number of anilines is 1. The molecule has 2 N–H and O–H groups in total. The van der Waals surface area contributed by atoms with Gasteiger partial charge in [0.2, 0.25) is 5.95 Å². The van der Waals surface area contributed by atoms with Crippen LogP contribution in [0.5, 0.6) is 0 Å². The standard InChI is InChI=1S/C20H20N4O/c1-3-15-9-11-16(12-10-15)14(2)23-24-20-21-18(13-19(25)22-20)17-7-5-4-6-8-17/h4-13H,3H2,1-2H3,(H2,21,22,24,25). The quantitative estimate of drug-likeness (QED) is 0.551. The molecule has 0 amide bonds. The Bertz CT molecular complexity index is 928. The van der Waals surface area contributed by atoms with Crippen LogP contribution in [0.2, 0.25) is 0 Å². The Morgan fingerprint density at radius 2 is 1.84 bits per heavy atom. The molecule has 0 fully saturated rings. The average Bonchev–Trinajstić information content (AvgIpc) is 2.66. The summed E-state index contributed by atoms with van der Waals surface area (Å²) in [5.41, 5.74) is 7.22. The Morgan fingerprint density at radius 1 is 1.12 bits per heavy atom. The minimum atomic E-state index is -0.225. The molecule has 25 heavy (non-hydrogen) atoms. The topological polar surface area (TPSA) is 70.1 Å². The van der Waals surface area contributed by atoms with Gasteiger partial charge >= 0.3 is 0 Å². The second-order valence-corrected chi connectivity index (χ2v) is 5.70. The van der Waals surface area contributed by atoms with Crippen molar-refractivity contribution in [2.75, 3.05) is 5.43 Å². The van der Waals surface area contributed by atoms with E-state index in [0.29, 0.717) is 11.6 Å². The first-order chi connectivity index (χ1) is 12.2. The number of rotatable bonds is 5. The van der Waals surface area contributed by atoms with Crippen LogP contribution in [0.15, 0.2) is 70.6 Å². The van der Waals surface area contributed by atoms with Crippen molar-refractivity contribution < 1.29 is 0 Å². The number of aryl methyl sites for hydroxylation is 1. The third-order valence-corrected chi connectivity index (χ3v) is 3.92. The molecule has 0 radical (unpaired) electrons. The predicted octanol–water partition coefficient (Wildman–Crippen LogP) is 3.84. The molecular weight excluding hydrogens is 312 g/mol. The number of hydrogen-bond donors (Lipinski definition) is 2. The number of hydrazone groups is 1. The van der Waals surface area contributed by atoms with E-state index in [2.05, 4.69) is 39.6 Å². The fourth-order valence-electron chi connectivity index (χ4n) is 2.45. The number of benzene rings is 2. The van der Waals surface area contributed by atoms with Gasteiger partial charge in [-0.05, 0) is 24.5 Å². The van der Waals surface area contributed by atoms with Crippen LogP contribution in [0.4, 0.5) is 5.95 Å². The third-order valence-electron chi connectivity index (χ3n) is 3.92. The van der Waals surface area contributed by atoms with Gasteiger partial charge in [0.15, 0.2) is 0 Å². The van der Waals surface area contributed by atoms with E-state index in [1.165, 1.54) is 11.6 Å². The van der Waals surface area contributed by atoms with Gasteiger partial charge in [-0.2, -0.15) is 5.10 Å². The molecule has 1 heterocycles. The van der Waals surface area contributed by atoms with Crippen LogP contribution in [0.3, 0.4) is 0 Å². The fraction of sp³-hybridized carbons (Fsp3) is 0.150. The van der Waals surface area contributed by atoms with Crippen molar-refractivity contribution in [3.63, 3.8) is 0 Å². The van der Waals surface area contributed by atoms with Gasteiger partial charge in [0.25, 0.3) is 5.56 Å². The molecule has 0 unspecified atom stereocenters. The number of aromatic amines is 1. The van der Waals surface area contributed by atoms with Gasteiger partial charge in [0.1, 0.15) is 0 Å². The van der Waals surface area contributed by atoms with Crippen molar-refractivity contribution in [3.05, 3.63) is 82.1 Å². The molecule has 0 bridgehead atoms. The molecule has 3 aromatic rings. The van der Waals surface area contributed by atoms with Crippen molar-refractivity contribution >= 4 is 11.7 Å². The molecular formula is C20H20N4O. The lowest BCUT2D eigenvalue weighted by Crippen LogP contribution is -2.11. The molecule has 2 aromatic carbocycles. The Morgan fingerprint density at radius 3 is 2.52 bits per heavy atom. The summed E-state index contributed by atoms with van der Waals surface area (Å²) in [5, 5.41) is 4.33. The maximum atomic E-state index is 11.9. The zero-order valence-corrected chi connectivity index (χ0v) is 14.3. The van der Waals surface area contributed by atoms with E-state index in [9.17, 15) is 4.79 Å². The van der Waals surface area contributed by atoms with Crippen LogP contribution in [-0.4, -0.2) is 15.7 Å². The predicted molar refractivity (Wildman–Crippen MR) is 102 cm³/mol. The van der Waals surface area contributed by atoms with Crippen molar-refractivity contribution in [3.8, 4) is 11.3 Å². The van der Waals surface area contributed by atoms with Crippen molar-refractivity contribution in [1.29, 1.82) is 0 Å². The molecule has 5 nitrogen and oxygen atoms in total. The van der Waals surface area contributed by atoms with E-state index < -0.39 is 0 Å². The summed E-state index contributed by atoms with van der Waals surface area (Å²) in [5.74, 6) is 0.316. The van der Waals surface area contributed by atoms with E-state index in [1.54, 1.807) is 0 Å². The van der Waals surface area contributed by atoms with Gasteiger partial charge in [-0.3, -0.25) is 9.78 Å². The van der Waals surface area contributed by atoms with Crippen LogP contribution in [0.1, 0.15) is 25.0 Å². The lowest BCUT2D eigenvalue weighted by atomic mass is 10.1. The van der Waals surface area contributed by atoms with Crippen LogP contribution in [0, 0.1) is 0 Å². The van der Waals surface area contributed by atoms with Crippen LogP contribution >= 0.6 is 0 Å². The average molecular weight is 332 g/mol. The zero-order chi connectivity index (χ0) is 17.6. The lowest BCUT2D eigenvalue weighted by molar-refractivity contribution is 1.08. The molecule has 0 saturated carbocycles. The van der Waals surface area contributed by atoms with Gasteiger partial charge in [0.05, 0.1) is 11.4 Å². The summed E-state index contributed by atoms with van der Waals surface area (Å²) in [6.45, 7) is 4.03. The van der Waals surface area contributed by atoms with E-state index >= 15 is 0 Å². The largest absolute Gasteiger partial charge is 0.291 e. The first kappa shape index (κ1) is 16.6. The summed E-state index contributed by atoms with van der Waals surface area (Å²) < 4.78 is 0. The fourth-order valence-corrected chi connectivity index (χ4v) is 2.45. The van der Waals surface area contributed by atoms with Gasteiger partial charge < -0.3 is 0 Å². The minimum absolute atomic E-state index is 0.225. The van der Waals surface area contributed by atoms with Gasteiger partial charge in [-0.15, -0.1) is 0 Å². The second-order valence-electron chi connectivity index (χ2n) is 5.70. The Kier molecular flexibility index (Phi) is 5.04. The Balaban J connectivity index is 1.82. The van der Waals surface area contributed by atoms with Crippen molar-refractivity contribution in [2.24, 2.45) is 5.10 Å². The maximum Gasteiger partial charge on any atom is 0.252 e. The highest BCUT2D eigenvalue weighted by atomic mass is 16.1. The van der Waals surface area contributed by atoms with E-state index in [1.807, 2.05) is 49.4 Å². The lowest BCUT2D eigenvalue weighted by Gasteiger charge is -2.06. The van der Waals surface area contributed by atoms with Gasteiger partial charge in [0, 0.05) is 11.6 Å². The molecule has 0 aliphatic rings. The summed E-state index contributed by atoms with van der Waals surface area (Å²) in [7, 11) is 0. The highest BCUT2D eigenvalue weighted by Crippen LogP contribution is 2.15. The smallest absolute Gasteiger partial charge is 0.252 e. The summed E-state index contributed by atoms with van der Waals surface area (Å²) in [4.78, 5) is 19.0.